The molecule has 0 aliphatic carbocycles. The van der Waals surface area contributed by atoms with E-state index in [4.69, 9.17) is 0 Å². The van der Waals surface area contributed by atoms with Gasteiger partial charge in [-0.3, -0.25) is 4.79 Å². The number of aryl methyl sites for hydroxylation is 1. The van der Waals surface area contributed by atoms with Crippen molar-refractivity contribution in [2.45, 2.75) is 24.3 Å². The molecule has 3 rings (SSSR count). The Hall–Kier alpha value is -2.32. The van der Waals surface area contributed by atoms with E-state index in [1.165, 1.54) is 16.7 Å². The van der Waals surface area contributed by atoms with Crippen LogP contribution >= 0.6 is 11.8 Å². The molecule has 0 aromatic heterocycles. The zero-order valence-electron chi connectivity index (χ0n) is 14.4. The van der Waals surface area contributed by atoms with Crippen LogP contribution in [-0.4, -0.2) is 5.78 Å². The maximum Gasteiger partial charge on any atom is 0.164 e. The molecule has 2 heteroatoms. The van der Waals surface area contributed by atoms with Gasteiger partial charge in [0, 0.05) is 23.0 Å². The van der Waals surface area contributed by atoms with Crippen LogP contribution in [0, 0.1) is 6.92 Å². The number of Topliss-reactive ketones (excluding diaryl/α,β-unsaturated/α-hetero) is 1. The molecule has 0 N–H and O–H groups in total. The first-order valence-corrected chi connectivity index (χ1v) is 9.57. The van der Waals surface area contributed by atoms with E-state index in [-0.39, 0.29) is 11.0 Å². The van der Waals surface area contributed by atoms with Gasteiger partial charge in [-0.05, 0) is 18.1 Å². The quantitative estimate of drug-likeness (QED) is 0.471. The number of carbonyl (C=O) groups is 1. The number of benzene rings is 3. The van der Waals surface area contributed by atoms with Crippen molar-refractivity contribution in [3.8, 4) is 0 Å². The molecule has 1 unspecified atom stereocenters. The van der Waals surface area contributed by atoms with Crippen LogP contribution in [0.2, 0.25) is 0 Å². The lowest BCUT2D eigenvalue weighted by Crippen LogP contribution is -2.06. The monoisotopic (exact) mass is 346 g/mol. The van der Waals surface area contributed by atoms with Crippen LogP contribution in [0.25, 0.3) is 0 Å². The van der Waals surface area contributed by atoms with Gasteiger partial charge in [0.05, 0.1) is 0 Å². The first-order chi connectivity index (χ1) is 12.2. The predicted octanol–water partition coefficient (Wildman–Crippen LogP) is 6.24. The van der Waals surface area contributed by atoms with Crippen molar-refractivity contribution in [2.75, 3.05) is 0 Å². The Morgan fingerprint density at radius 1 is 0.840 bits per heavy atom. The first kappa shape index (κ1) is 17.5. The lowest BCUT2D eigenvalue weighted by Gasteiger charge is -2.17. The van der Waals surface area contributed by atoms with Crippen molar-refractivity contribution in [1.29, 1.82) is 0 Å². The van der Waals surface area contributed by atoms with Gasteiger partial charge >= 0.3 is 0 Å². The molecular formula is C23H22OS. The highest BCUT2D eigenvalue weighted by Crippen LogP contribution is 2.35. The Bertz CT molecular complexity index is 795. The average molecular weight is 346 g/mol. The Morgan fingerprint density at radius 2 is 1.44 bits per heavy atom. The van der Waals surface area contributed by atoms with Gasteiger partial charge in [0.25, 0.3) is 0 Å². The lowest BCUT2D eigenvalue weighted by atomic mass is 10.0. The minimum atomic E-state index is 0.161. The summed E-state index contributed by atoms with van der Waals surface area (Å²) in [4.78, 5) is 12.7. The van der Waals surface area contributed by atoms with Crippen LogP contribution in [-0.2, 0) is 5.75 Å². The zero-order chi connectivity index (χ0) is 17.5. The standard InChI is InChI=1S/C23H22OS/c1-18-12-14-21(15-13-18)23(25-17-19-8-4-2-5-9-19)16-22(24)20-10-6-3-7-11-20/h2-15,23H,16-17H2,1H3. The Labute approximate surface area is 154 Å². The van der Waals surface area contributed by atoms with Crippen LogP contribution in [0.3, 0.4) is 0 Å². The molecule has 1 nitrogen and oxygen atoms in total. The molecule has 1 atom stereocenters. The molecule has 0 amide bonds. The molecule has 0 aliphatic heterocycles. The summed E-state index contributed by atoms with van der Waals surface area (Å²) in [6.45, 7) is 2.09. The van der Waals surface area contributed by atoms with Crippen molar-refractivity contribution in [3.63, 3.8) is 0 Å². The van der Waals surface area contributed by atoms with Gasteiger partial charge in [0.2, 0.25) is 0 Å². The minimum absolute atomic E-state index is 0.161. The van der Waals surface area contributed by atoms with Crippen molar-refractivity contribution < 1.29 is 4.79 Å². The largest absolute Gasteiger partial charge is 0.294 e. The van der Waals surface area contributed by atoms with Gasteiger partial charge in [0.1, 0.15) is 0 Å². The summed E-state index contributed by atoms with van der Waals surface area (Å²) in [6.07, 6.45) is 0.518. The molecular weight excluding hydrogens is 324 g/mol. The number of carbonyl (C=O) groups excluding carboxylic acids is 1. The van der Waals surface area contributed by atoms with Gasteiger partial charge in [-0.25, -0.2) is 0 Å². The van der Waals surface area contributed by atoms with E-state index >= 15 is 0 Å². The zero-order valence-corrected chi connectivity index (χ0v) is 15.2. The fourth-order valence-corrected chi connectivity index (χ4v) is 3.94. The second kappa shape index (κ2) is 8.68. The molecule has 0 radical (unpaired) electrons. The van der Waals surface area contributed by atoms with Crippen LogP contribution in [0.15, 0.2) is 84.9 Å². The fourth-order valence-electron chi connectivity index (χ4n) is 2.74. The molecule has 3 aromatic carbocycles. The van der Waals surface area contributed by atoms with Crippen molar-refractivity contribution in [2.24, 2.45) is 0 Å². The number of hydrogen-bond acceptors (Lipinski definition) is 2. The van der Waals surface area contributed by atoms with E-state index in [2.05, 4.69) is 55.5 Å². The molecule has 0 spiro atoms. The number of thioether (sulfide) groups is 1. The molecule has 126 valence electrons. The maximum atomic E-state index is 12.7. The van der Waals surface area contributed by atoms with Crippen LogP contribution in [0.1, 0.15) is 38.7 Å². The Balaban J connectivity index is 1.76. The van der Waals surface area contributed by atoms with Crippen molar-refractivity contribution in [1.82, 2.24) is 0 Å². The molecule has 0 saturated carbocycles. The minimum Gasteiger partial charge on any atom is -0.294 e. The van der Waals surface area contributed by atoms with E-state index < -0.39 is 0 Å². The van der Waals surface area contributed by atoms with Gasteiger partial charge in [-0.2, -0.15) is 0 Å². The Morgan fingerprint density at radius 3 is 2.08 bits per heavy atom. The van der Waals surface area contributed by atoms with E-state index in [1.54, 1.807) is 0 Å². The topological polar surface area (TPSA) is 17.1 Å². The highest BCUT2D eigenvalue weighted by Gasteiger charge is 2.18. The Kier molecular flexibility index (Phi) is 6.08. The summed E-state index contributed by atoms with van der Waals surface area (Å²) in [7, 11) is 0. The van der Waals surface area contributed by atoms with E-state index in [9.17, 15) is 4.79 Å². The van der Waals surface area contributed by atoms with E-state index in [0.29, 0.717) is 6.42 Å². The summed E-state index contributed by atoms with van der Waals surface area (Å²) in [5, 5.41) is 0.161. The van der Waals surface area contributed by atoms with Gasteiger partial charge in [-0.1, -0.05) is 90.5 Å². The number of rotatable bonds is 7. The third-order valence-electron chi connectivity index (χ3n) is 4.21. The molecule has 25 heavy (non-hydrogen) atoms. The molecule has 0 saturated heterocycles. The summed E-state index contributed by atoms with van der Waals surface area (Å²) in [5.41, 5.74) is 4.54. The summed E-state index contributed by atoms with van der Waals surface area (Å²) < 4.78 is 0. The van der Waals surface area contributed by atoms with Gasteiger partial charge in [0.15, 0.2) is 5.78 Å². The third-order valence-corrected chi connectivity index (χ3v) is 5.55. The van der Waals surface area contributed by atoms with Crippen LogP contribution in [0.5, 0.6) is 0 Å². The van der Waals surface area contributed by atoms with Crippen molar-refractivity contribution >= 4 is 17.5 Å². The highest BCUT2D eigenvalue weighted by molar-refractivity contribution is 7.98. The van der Waals surface area contributed by atoms with Crippen LogP contribution < -0.4 is 0 Å². The smallest absolute Gasteiger partial charge is 0.164 e. The van der Waals surface area contributed by atoms with Gasteiger partial charge in [-0.15, -0.1) is 11.8 Å². The van der Waals surface area contributed by atoms with Crippen LogP contribution in [0.4, 0.5) is 0 Å². The normalized spacial score (nSPS) is 11.9. The highest BCUT2D eigenvalue weighted by atomic mass is 32.2. The fraction of sp³-hybridized carbons (Fsp3) is 0.174. The molecule has 0 fully saturated rings. The molecule has 3 aromatic rings. The number of ketones is 1. The SMILES string of the molecule is Cc1ccc(C(CC(=O)c2ccccc2)SCc2ccccc2)cc1. The van der Waals surface area contributed by atoms with Crippen molar-refractivity contribution in [3.05, 3.63) is 107 Å². The second-order valence-electron chi connectivity index (χ2n) is 6.19. The summed E-state index contributed by atoms with van der Waals surface area (Å²) in [5.74, 6) is 1.10. The first-order valence-electron chi connectivity index (χ1n) is 8.53. The molecule has 0 aliphatic rings. The third kappa shape index (κ3) is 5.07. The summed E-state index contributed by atoms with van der Waals surface area (Å²) >= 11 is 1.84. The maximum absolute atomic E-state index is 12.7. The molecule has 0 heterocycles. The second-order valence-corrected chi connectivity index (χ2v) is 7.38. The van der Waals surface area contributed by atoms with Gasteiger partial charge < -0.3 is 0 Å². The van der Waals surface area contributed by atoms with E-state index in [1.807, 2.05) is 48.2 Å². The lowest BCUT2D eigenvalue weighted by molar-refractivity contribution is 0.0982. The van der Waals surface area contributed by atoms with E-state index in [0.717, 1.165) is 11.3 Å². The summed E-state index contributed by atoms with van der Waals surface area (Å²) in [6, 6.07) is 28.6. The average Bonchev–Trinajstić information content (AvgIpc) is 2.67. The molecule has 0 bridgehead atoms. The number of hydrogen-bond donors (Lipinski definition) is 0. The predicted molar refractivity (Wildman–Crippen MR) is 107 cm³/mol.